The molecule has 0 spiro atoms. The van der Waals surface area contributed by atoms with E-state index in [9.17, 15) is 15.4 Å². The van der Waals surface area contributed by atoms with Crippen molar-refractivity contribution in [2.45, 2.75) is 13.5 Å². The van der Waals surface area contributed by atoms with Gasteiger partial charge < -0.3 is 9.47 Å². The summed E-state index contributed by atoms with van der Waals surface area (Å²) in [5.41, 5.74) is 2.50. The van der Waals surface area contributed by atoms with Gasteiger partial charge in [0.1, 0.15) is 6.61 Å². The predicted octanol–water partition coefficient (Wildman–Crippen LogP) is 6.79. The van der Waals surface area contributed by atoms with Gasteiger partial charge in [-0.3, -0.25) is 10.1 Å². The molecule has 4 aromatic carbocycles. The zero-order chi connectivity index (χ0) is 23.9. The minimum atomic E-state index is -0.479. The maximum Gasteiger partial charge on any atom is 0.270 e. The number of nitriles is 1. The molecule has 0 heterocycles. The van der Waals surface area contributed by atoms with Crippen LogP contribution in [-0.2, 0) is 6.61 Å². The molecule has 4 aromatic rings. The number of rotatable bonds is 8. The molecule has 0 aromatic heterocycles. The molecule has 0 amide bonds. The zero-order valence-electron chi connectivity index (χ0n) is 18.6. The number of benzene rings is 4. The van der Waals surface area contributed by atoms with Crippen LogP contribution < -0.4 is 9.47 Å². The second-order valence-corrected chi connectivity index (χ2v) is 7.59. The molecule has 0 saturated heterocycles. The summed E-state index contributed by atoms with van der Waals surface area (Å²) in [5.74, 6) is 1.16. The highest BCUT2D eigenvalue weighted by atomic mass is 16.6. The Morgan fingerprint density at radius 2 is 1.76 bits per heavy atom. The van der Waals surface area contributed by atoms with Crippen molar-refractivity contribution in [2.24, 2.45) is 0 Å². The van der Waals surface area contributed by atoms with Crippen molar-refractivity contribution in [3.05, 3.63) is 112 Å². The first-order valence-corrected chi connectivity index (χ1v) is 10.8. The molecule has 0 saturated carbocycles. The van der Waals surface area contributed by atoms with Gasteiger partial charge in [0.2, 0.25) is 0 Å². The molecule has 0 radical (unpaired) electrons. The highest BCUT2D eigenvalue weighted by molar-refractivity contribution is 5.90. The van der Waals surface area contributed by atoms with Gasteiger partial charge in [0.05, 0.1) is 23.2 Å². The van der Waals surface area contributed by atoms with E-state index in [1.54, 1.807) is 30.3 Å². The lowest BCUT2D eigenvalue weighted by Crippen LogP contribution is -2.00. The normalized spacial score (nSPS) is 11.1. The Kier molecular flexibility index (Phi) is 6.85. The van der Waals surface area contributed by atoms with Crippen LogP contribution in [0.2, 0.25) is 0 Å². The van der Waals surface area contributed by atoms with Gasteiger partial charge in [-0.15, -0.1) is 0 Å². The fourth-order valence-electron chi connectivity index (χ4n) is 3.63. The van der Waals surface area contributed by atoms with Crippen LogP contribution in [0.3, 0.4) is 0 Å². The lowest BCUT2D eigenvalue weighted by atomic mass is 10.0. The molecule has 6 heteroatoms. The van der Waals surface area contributed by atoms with Crippen molar-refractivity contribution in [3.63, 3.8) is 0 Å². The number of hydrogen-bond acceptors (Lipinski definition) is 5. The Morgan fingerprint density at radius 3 is 2.53 bits per heavy atom. The van der Waals surface area contributed by atoms with Crippen molar-refractivity contribution in [1.29, 1.82) is 5.26 Å². The van der Waals surface area contributed by atoms with Crippen molar-refractivity contribution >= 4 is 28.1 Å². The molecule has 0 N–H and O–H groups in total. The first-order chi connectivity index (χ1) is 16.6. The van der Waals surface area contributed by atoms with Crippen LogP contribution in [0.5, 0.6) is 11.5 Å². The Labute approximate surface area is 197 Å². The quantitative estimate of drug-likeness (QED) is 0.128. The van der Waals surface area contributed by atoms with Crippen LogP contribution in [0.4, 0.5) is 5.69 Å². The lowest BCUT2D eigenvalue weighted by Gasteiger charge is -2.13. The van der Waals surface area contributed by atoms with Gasteiger partial charge in [-0.25, -0.2) is 0 Å². The molecule has 0 aliphatic rings. The molecule has 4 rings (SSSR count). The van der Waals surface area contributed by atoms with E-state index >= 15 is 0 Å². The van der Waals surface area contributed by atoms with E-state index in [4.69, 9.17) is 9.47 Å². The maximum absolute atomic E-state index is 11.1. The molecule has 0 aliphatic heterocycles. The van der Waals surface area contributed by atoms with Crippen LogP contribution in [0.1, 0.15) is 23.6 Å². The molecule has 0 aliphatic carbocycles. The number of allylic oxidation sites excluding steroid dienone is 1. The molecular formula is C28H22N2O4. The van der Waals surface area contributed by atoms with Gasteiger partial charge in [-0.1, -0.05) is 54.6 Å². The SMILES string of the molecule is CCOc1cc(C=C(C#N)c2cccc([N+](=O)[O-])c2)ccc1OCc1ccc2ccccc2c1. The third-order valence-electron chi connectivity index (χ3n) is 5.28. The largest absolute Gasteiger partial charge is 0.490 e. The summed E-state index contributed by atoms with van der Waals surface area (Å²) < 4.78 is 11.8. The third kappa shape index (κ3) is 5.22. The first-order valence-electron chi connectivity index (χ1n) is 10.8. The van der Waals surface area contributed by atoms with Crippen LogP contribution in [0.15, 0.2) is 84.9 Å². The van der Waals surface area contributed by atoms with E-state index in [0.29, 0.717) is 35.8 Å². The predicted molar refractivity (Wildman–Crippen MR) is 132 cm³/mol. The zero-order valence-corrected chi connectivity index (χ0v) is 18.6. The Morgan fingerprint density at radius 1 is 0.941 bits per heavy atom. The highest BCUT2D eigenvalue weighted by Crippen LogP contribution is 2.31. The first kappa shape index (κ1) is 22.6. The fourth-order valence-corrected chi connectivity index (χ4v) is 3.63. The van der Waals surface area contributed by atoms with E-state index in [2.05, 4.69) is 30.3 Å². The summed E-state index contributed by atoms with van der Waals surface area (Å²) in [6.07, 6.45) is 1.68. The van der Waals surface area contributed by atoms with Gasteiger partial charge in [0.25, 0.3) is 5.69 Å². The van der Waals surface area contributed by atoms with Crippen molar-refractivity contribution in [2.75, 3.05) is 6.61 Å². The number of ether oxygens (including phenoxy) is 2. The van der Waals surface area contributed by atoms with Crippen molar-refractivity contribution in [3.8, 4) is 17.6 Å². The summed E-state index contributed by atoms with van der Waals surface area (Å²) in [4.78, 5) is 10.6. The lowest BCUT2D eigenvalue weighted by molar-refractivity contribution is -0.384. The van der Waals surface area contributed by atoms with Gasteiger partial charge in [0, 0.05) is 12.1 Å². The van der Waals surface area contributed by atoms with E-state index in [0.717, 1.165) is 16.5 Å². The summed E-state index contributed by atoms with van der Waals surface area (Å²) >= 11 is 0. The number of nitro benzene ring substituents is 1. The Balaban J connectivity index is 1.58. The second-order valence-electron chi connectivity index (χ2n) is 7.59. The molecule has 0 unspecified atom stereocenters. The summed E-state index contributed by atoms with van der Waals surface area (Å²) in [6, 6.07) is 28.0. The number of nitrogens with zero attached hydrogens (tertiary/aromatic N) is 2. The van der Waals surface area contributed by atoms with E-state index < -0.39 is 4.92 Å². The van der Waals surface area contributed by atoms with Gasteiger partial charge >= 0.3 is 0 Å². The minimum absolute atomic E-state index is 0.0638. The monoisotopic (exact) mass is 450 g/mol. The minimum Gasteiger partial charge on any atom is -0.490 e. The number of hydrogen-bond donors (Lipinski definition) is 0. The standard InChI is InChI=1S/C28H22N2O4/c1-2-33-28-16-20(14-25(18-29)24-8-5-9-26(17-24)30(31)32)11-13-27(28)34-19-21-10-12-22-6-3-4-7-23(22)15-21/h3-17H,2,19H2,1H3. The maximum atomic E-state index is 11.1. The molecule has 6 nitrogen and oxygen atoms in total. The fraction of sp³-hybridized carbons (Fsp3) is 0.107. The molecule has 0 bridgehead atoms. The van der Waals surface area contributed by atoms with Crippen molar-refractivity contribution in [1.82, 2.24) is 0 Å². The van der Waals surface area contributed by atoms with Crippen molar-refractivity contribution < 1.29 is 14.4 Å². The van der Waals surface area contributed by atoms with Gasteiger partial charge in [-0.05, 0) is 58.7 Å². The number of fused-ring (bicyclic) bond motifs is 1. The molecule has 168 valence electrons. The molecular weight excluding hydrogens is 428 g/mol. The van der Waals surface area contributed by atoms with Crippen LogP contribution in [-0.4, -0.2) is 11.5 Å². The molecule has 0 atom stereocenters. The van der Waals surface area contributed by atoms with E-state index in [1.807, 2.05) is 31.2 Å². The van der Waals surface area contributed by atoms with Gasteiger partial charge in [-0.2, -0.15) is 5.26 Å². The van der Waals surface area contributed by atoms with Crippen LogP contribution in [0, 0.1) is 21.4 Å². The second kappa shape index (κ2) is 10.3. The van der Waals surface area contributed by atoms with E-state index in [-0.39, 0.29) is 5.69 Å². The summed E-state index contributed by atoms with van der Waals surface area (Å²) in [7, 11) is 0. The number of nitro groups is 1. The Hall–Kier alpha value is -4.63. The van der Waals surface area contributed by atoms with E-state index in [1.165, 1.54) is 17.5 Å². The molecule has 34 heavy (non-hydrogen) atoms. The van der Waals surface area contributed by atoms with Crippen LogP contribution in [0.25, 0.3) is 22.4 Å². The number of non-ortho nitro benzene ring substituents is 1. The van der Waals surface area contributed by atoms with Gasteiger partial charge in [0.15, 0.2) is 11.5 Å². The summed E-state index contributed by atoms with van der Waals surface area (Å²) in [6.45, 7) is 2.73. The Bertz CT molecular complexity index is 1420. The topological polar surface area (TPSA) is 85.4 Å². The average molecular weight is 450 g/mol. The van der Waals surface area contributed by atoms with Crippen LogP contribution >= 0.6 is 0 Å². The smallest absolute Gasteiger partial charge is 0.270 e. The average Bonchev–Trinajstić information content (AvgIpc) is 2.87. The third-order valence-corrected chi connectivity index (χ3v) is 5.28. The molecule has 0 fully saturated rings. The highest BCUT2D eigenvalue weighted by Gasteiger charge is 2.11. The summed E-state index contributed by atoms with van der Waals surface area (Å²) in [5, 5.41) is 23.0.